The molecule has 4 rings (SSSR count). The predicted molar refractivity (Wildman–Crippen MR) is 109 cm³/mol. The van der Waals surface area contributed by atoms with Gasteiger partial charge in [-0.25, -0.2) is 9.37 Å². The Morgan fingerprint density at radius 3 is 2.54 bits per heavy atom. The van der Waals surface area contributed by atoms with Gasteiger partial charge in [0.25, 0.3) is 0 Å². The van der Waals surface area contributed by atoms with Gasteiger partial charge < -0.3 is 14.8 Å². The molecule has 1 fully saturated rings. The fraction of sp³-hybridized carbons (Fsp3) is 0.238. The lowest BCUT2D eigenvalue weighted by atomic mass is 9.95. The summed E-state index contributed by atoms with van der Waals surface area (Å²) >= 11 is 5.99. The fourth-order valence-electron chi connectivity index (χ4n) is 3.42. The number of rotatable bonds is 4. The number of halogens is 2. The van der Waals surface area contributed by atoms with Crippen molar-refractivity contribution >= 4 is 29.0 Å². The second kappa shape index (κ2) is 8.02. The third kappa shape index (κ3) is 4.02. The van der Waals surface area contributed by atoms with E-state index in [0.717, 1.165) is 37.4 Å². The molecule has 0 unspecified atom stereocenters. The topological polar surface area (TPSA) is 50.2 Å². The van der Waals surface area contributed by atoms with E-state index in [1.807, 2.05) is 47.4 Å². The lowest BCUT2D eigenvalue weighted by Gasteiger charge is -2.32. The number of hydrogen-bond acceptors (Lipinski definition) is 3. The molecule has 3 aromatic rings. The van der Waals surface area contributed by atoms with Crippen molar-refractivity contribution in [2.75, 3.05) is 23.3 Å². The minimum absolute atomic E-state index is 0.0796. The summed E-state index contributed by atoms with van der Waals surface area (Å²) in [6.45, 7) is 1.51. The van der Waals surface area contributed by atoms with Crippen LogP contribution >= 0.6 is 11.6 Å². The second-order valence-electron chi connectivity index (χ2n) is 6.84. The van der Waals surface area contributed by atoms with Crippen LogP contribution in [0.2, 0.25) is 5.02 Å². The molecule has 3 heterocycles. The first-order valence-corrected chi connectivity index (χ1v) is 9.58. The van der Waals surface area contributed by atoms with Gasteiger partial charge in [-0.05, 0) is 55.3 Å². The predicted octanol–water partition coefficient (Wildman–Crippen LogP) is 4.52. The lowest BCUT2D eigenvalue weighted by Crippen LogP contribution is -2.38. The first-order chi connectivity index (χ1) is 13.6. The van der Waals surface area contributed by atoms with Gasteiger partial charge in [0.15, 0.2) is 0 Å². The number of carbonyl (C=O) groups is 1. The Morgan fingerprint density at radius 2 is 1.89 bits per heavy atom. The molecule has 0 spiro atoms. The number of hydrogen-bond donors (Lipinski definition) is 1. The fourth-order valence-corrected chi connectivity index (χ4v) is 3.64. The van der Waals surface area contributed by atoms with Crippen molar-refractivity contribution in [2.45, 2.75) is 12.8 Å². The number of amides is 1. The molecule has 0 saturated carbocycles. The zero-order chi connectivity index (χ0) is 19.5. The van der Waals surface area contributed by atoms with Crippen LogP contribution < -0.4 is 10.2 Å². The molecule has 28 heavy (non-hydrogen) atoms. The Kier molecular flexibility index (Phi) is 5.30. The summed E-state index contributed by atoms with van der Waals surface area (Å²) < 4.78 is 15.1. The van der Waals surface area contributed by atoms with Crippen LogP contribution in [0.5, 0.6) is 0 Å². The van der Waals surface area contributed by atoms with Crippen LogP contribution in [-0.4, -0.2) is 28.5 Å². The normalized spacial score (nSPS) is 14.9. The van der Waals surface area contributed by atoms with Crippen molar-refractivity contribution in [3.63, 3.8) is 0 Å². The van der Waals surface area contributed by atoms with E-state index in [4.69, 9.17) is 11.6 Å². The van der Waals surface area contributed by atoms with E-state index in [2.05, 4.69) is 15.2 Å². The van der Waals surface area contributed by atoms with Gasteiger partial charge in [0, 0.05) is 31.4 Å². The molecule has 1 aliphatic heterocycles. The molecule has 1 N–H and O–H groups in total. The highest BCUT2D eigenvalue weighted by atomic mass is 35.5. The Morgan fingerprint density at radius 1 is 1.14 bits per heavy atom. The van der Waals surface area contributed by atoms with Gasteiger partial charge in [0.05, 0.1) is 22.6 Å². The average molecular weight is 399 g/mol. The summed E-state index contributed by atoms with van der Waals surface area (Å²) in [5.74, 6) is 0.309. The van der Waals surface area contributed by atoms with Crippen LogP contribution in [0.1, 0.15) is 12.8 Å². The molecule has 7 heteroatoms. The lowest BCUT2D eigenvalue weighted by molar-refractivity contribution is -0.120. The molecule has 5 nitrogen and oxygen atoms in total. The molecule has 0 aliphatic carbocycles. The Labute approximate surface area is 167 Å². The number of nitrogens with zero attached hydrogens (tertiary/aromatic N) is 3. The SMILES string of the molecule is O=C(Nc1ccc(F)cc1Cl)C1CCN(c2ccc(-n3cccc3)cn2)CC1. The molecule has 144 valence electrons. The largest absolute Gasteiger partial charge is 0.357 e. The van der Waals surface area contributed by atoms with Crippen LogP contribution in [0.25, 0.3) is 5.69 Å². The first kappa shape index (κ1) is 18.5. The second-order valence-corrected chi connectivity index (χ2v) is 7.25. The van der Waals surface area contributed by atoms with Crippen molar-refractivity contribution in [1.82, 2.24) is 9.55 Å². The Bertz CT molecular complexity index is 951. The zero-order valence-corrected chi connectivity index (χ0v) is 15.9. The molecule has 0 atom stereocenters. The number of aromatic nitrogens is 2. The highest BCUT2D eigenvalue weighted by molar-refractivity contribution is 6.33. The van der Waals surface area contributed by atoms with Crippen molar-refractivity contribution in [2.24, 2.45) is 5.92 Å². The first-order valence-electron chi connectivity index (χ1n) is 9.20. The van der Waals surface area contributed by atoms with E-state index in [-0.39, 0.29) is 16.8 Å². The zero-order valence-electron chi connectivity index (χ0n) is 15.2. The molecule has 0 radical (unpaired) electrons. The Balaban J connectivity index is 1.34. The smallest absolute Gasteiger partial charge is 0.227 e. The molecule has 1 aliphatic rings. The van der Waals surface area contributed by atoms with Gasteiger partial charge in [-0.2, -0.15) is 0 Å². The van der Waals surface area contributed by atoms with Crippen molar-refractivity contribution in [3.8, 4) is 5.69 Å². The van der Waals surface area contributed by atoms with E-state index in [1.54, 1.807) is 0 Å². The summed E-state index contributed by atoms with van der Waals surface area (Å²) in [4.78, 5) is 19.3. The third-order valence-corrected chi connectivity index (χ3v) is 5.33. The summed E-state index contributed by atoms with van der Waals surface area (Å²) in [6.07, 6.45) is 7.27. The van der Waals surface area contributed by atoms with E-state index in [0.29, 0.717) is 5.69 Å². The van der Waals surface area contributed by atoms with E-state index >= 15 is 0 Å². The van der Waals surface area contributed by atoms with E-state index < -0.39 is 5.82 Å². The van der Waals surface area contributed by atoms with Crippen molar-refractivity contribution in [1.29, 1.82) is 0 Å². The van der Waals surface area contributed by atoms with Crippen LogP contribution in [0.3, 0.4) is 0 Å². The molecular weight excluding hydrogens is 379 g/mol. The Hall–Kier alpha value is -2.86. The van der Waals surface area contributed by atoms with Crippen molar-refractivity contribution in [3.05, 3.63) is 71.9 Å². The maximum atomic E-state index is 13.1. The maximum Gasteiger partial charge on any atom is 0.227 e. The van der Waals surface area contributed by atoms with Gasteiger partial charge in [0.1, 0.15) is 11.6 Å². The van der Waals surface area contributed by atoms with Crippen molar-refractivity contribution < 1.29 is 9.18 Å². The maximum absolute atomic E-state index is 13.1. The number of anilines is 2. The summed E-state index contributed by atoms with van der Waals surface area (Å²) in [6, 6.07) is 12.0. The number of piperidine rings is 1. The summed E-state index contributed by atoms with van der Waals surface area (Å²) in [7, 11) is 0. The standard InChI is InChI=1S/C21H20ClFN4O/c22-18-13-16(23)3-5-19(18)25-21(28)15-7-11-27(12-8-15)20-6-4-17(14-24-20)26-9-1-2-10-26/h1-6,9-10,13-15H,7-8,11-12H2,(H,25,28). The van der Waals surface area contributed by atoms with Crippen LogP contribution in [0.15, 0.2) is 61.1 Å². The highest BCUT2D eigenvalue weighted by Crippen LogP contribution is 2.26. The monoisotopic (exact) mass is 398 g/mol. The quantitative estimate of drug-likeness (QED) is 0.703. The van der Waals surface area contributed by atoms with E-state index in [1.165, 1.54) is 18.2 Å². The molecule has 0 bridgehead atoms. The van der Waals surface area contributed by atoms with Crippen LogP contribution in [-0.2, 0) is 4.79 Å². The minimum atomic E-state index is -0.424. The van der Waals surface area contributed by atoms with Gasteiger partial charge in [-0.15, -0.1) is 0 Å². The van der Waals surface area contributed by atoms with Crippen LogP contribution in [0.4, 0.5) is 15.9 Å². The average Bonchev–Trinajstić information content (AvgIpc) is 3.25. The number of benzene rings is 1. The van der Waals surface area contributed by atoms with Gasteiger partial charge in [-0.3, -0.25) is 4.79 Å². The molecule has 1 saturated heterocycles. The van der Waals surface area contributed by atoms with E-state index in [9.17, 15) is 9.18 Å². The van der Waals surface area contributed by atoms with Gasteiger partial charge >= 0.3 is 0 Å². The van der Waals surface area contributed by atoms with Gasteiger partial charge in [-0.1, -0.05) is 11.6 Å². The third-order valence-electron chi connectivity index (χ3n) is 5.01. The van der Waals surface area contributed by atoms with Crippen LogP contribution in [0, 0.1) is 11.7 Å². The molecular formula is C21H20ClFN4O. The van der Waals surface area contributed by atoms with Gasteiger partial charge in [0.2, 0.25) is 5.91 Å². The number of carbonyl (C=O) groups excluding carboxylic acids is 1. The number of nitrogens with one attached hydrogen (secondary N) is 1. The molecule has 1 amide bonds. The minimum Gasteiger partial charge on any atom is -0.357 e. The summed E-state index contributed by atoms with van der Waals surface area (Å²) in [5.41, 5.74) is 1.46. The summed E-state index contributed by atoms with van der Waals surface area (Å²) in [5, 5.41) is 3.02. The number of pyridine rings is 1. The highest BCUT2D eigenvalue weighted by Gasteiger charge is 2.26. The molecule has 1 aromatic carbocycles. The molecule has 2 aromatic heterocycles.